The average Bonchev–Trinajstić information content (AvgIpc) is 1.85. The van der Waals surface area contributed by atoms with Crippen molar-refractivity contribution in [1.29, 1.82) is 0 Å². The summed E-state index contributed by atoms with van der Waals surface area (Å²) in [5.41, 5.74) is 21.6. The van der Waals surface area contributed by atoms with Gasteiger partial charge >= 0.3 is 6.03 Å². The molecule has 4 heterocycles. The fraction of sp³-hybridized carbons (Fsp3) is 0.508. The van der Waals surface area contributed by atoms with Crippen molar-refractivity contribution in [2.24, 2.45) is 28.1 Å². The summed E-state index contributed by atoms with van der Waals surface area (Å²) in [7, 11) is 0. The number of benzene rings is 2. The number of fused-ring (bicyclic) bond motifs is 1. The third kappa shape index (κ3) is 21.7. The van der Waals surface area contributed by atoms with Crippen molar-refractivity contribution in [2.45, 2.75) is 159 Å². The first-order valence-corrected chi connectivity index (χ1v) is 29.9. The molecular formula is C59H84N18O14. The van der Waals surface area contributed by atoms with E-state index in [4.69, 9.17) is 21.9 Å². The fourth-order valence-corrected chi connectivity index (χ4v) is 10.2. The molecule has 2 aliphatic rings. The van der Waals surface area contributed by atoms with Gasteiger partial charge in [0.2, 0.25) is 53.2 Å². The van der Waals surface area contributed by atoms with Crippen molar-refractivity contribution in [2.75, 3.05) is 26.3 Å². The highest BCUT2D eigenvalue weighted by atomic mass is 16.5. The Morgan fingerprint density at radius 3 is 1.95 bits per heavy atom. The number of amides is 12. The van der Waals surface area contributed by atoms with E-state index >= 15 is 0 Å². The average molecular weight is 1270 g/mol. The SMILES string of the molecule is CC(C)C[C@@H](NC(=O)[C@@H](COC(C)(C)C)NC(=O)[C@H](Cc1ccc(O)cc1)NC(=O)[C@@H](CO)NC(=O)[C@@H](Cc1c[nH]c2ccccc12)NC(=O)[C@@H](Cc1cnc[nH]1)NC(=O)[C@@H]1CCC(=O)N1)C(=O)N[C@H](CCCN=C(N)N)C(=O)N1CCC[C@H]1C(=O)NNC(N)=O. The van der Waals surface area contributed by atoms with E-state index in [1.807, 2.05) is 5.43 Å². The number of primary amides is 1. The van der Waals surface area contributed by atoms with Gasteiger partial charge in [0.1, 0.15) is 60.1 Å². The molecule has 4 aromatic rings. The Balaban J connectivity index is 1.24. The molecule has 2 fully saturated rings. The van der Waals surface area contributed by atoms with Crippen molar-refractivity contribution in [3.63, 3.8) is 0 Å². The molecule has 494 valence electrons. The van der Waals surface area contributed by atoms with E-state index < -0.39 is 132 Å². The minimum atomic E-state index is -1.80. The first-order valence-electron chi connectivity index (χ1n) is 29.9. The van der Waals surface area contributed by atoms with Crippen molar-refractivity contribution in [1.82, 2.24) is 73.2 Å². The molecule has 32 nitrogen and oxygen atoms in total. The number of aliphatic hydroxyl groups excluding tert-OH is 1. The van der Waals surface area contributed by atoms with Gasteiger partial charge < -0.3 is 89.6 Å². The van der Waals surface area contributed by atoms with Crippen molar-refractivity contribution >= 4 is 82.0 Å². The van der Waals surface area contributed by atoms with Gasteiger partial charge in [0.25, 0.3) is 5.91 Å². The van der Waals surface area contributed by atoms with E-state index in [-0.39, 0.29) is 94.4 Å². The summed E-state index contributed by atoms with van der Waals surface area (Å²) in [4.78, 5) is 167. The fourth-order valence-electron chi connectivity index (χ4n) is 10.2. The molecule has 0 saturated carbocycles. The minimum Gasteiger partial charge on any atom is -0.508 e. The molecular weight excluding hydrogens is 1180 g/mol. The third-order valence-electron chi connectivity index (χ3n) is 14.8. The molecule has 2 saturated heterocycles. The Morgan fingerprint density at radius 1 is 0.725 bits per heavy atom. The second kappa shape index (κ2) is 33.1. The van der Waals surface area contributed by atoms with Crippen LogP contribution in [0.4, 0.5) is 4.79 Å². The van der Waals surface area contributed by atoms with Gasteiger partial charge in [-0.3, -0.25) is 58.4 Å². The summed E-state index contributed by atoms with van der Waals surface area (Å²) in [6.45, 7) is 7.28. The highest BCUT2D eigenvalue weighted by Gasteiger charge is 2.40. The first kappa shape index (κ1) is 70.2. The Hall–Kier alpha value is -9.85. The van der Waals surface area contributed by atoms with Gasteiger partial charge in [0.15, 0.2) is 5.96 Å². The maximum atomic E-state index is 14.8. The van der Waals surface area contributed by atoms with E-state index in [0.717, 1.165) is 0 Å². The Morgan fingerprint density at radius 2 is 1.33 bits per heavy atom. The van der Waals surface area contributed by atoms with Crippen LogP contribution in [0, 0.1) is 5.92 Å². The quantitative estimate of drug-likeness (QED) is 0.0103. The smallest absolute Gasteiger partial charge is 0.330 e. The Kier molecular flexibility index (Phi) is 25.6. The van der Waals surface area contributed by atoms with E-state index in [0.29, 0.717) is 34.1 Å². The number of aliphatic hydroxyl groups is 1. The number of aromatic amines is 2. The molecule has 6 rings (SSSR count). The Bertz CT molecular complexity index is 3240. The minimum absolute atomic E-state index is 0.00453. The molecule has 0 unspecified atom stereocenters. The summed E-state index contributed by atoms with van der Waals surface area (Å²) < 4.78 is 6.03. The predicted octanol–water partition coefficient (Wildman–Crippen LogP) is -3.11. The summed E-state index contributed by atoms with van der Waals surface area (Å²) in [5, 5.41) is 42.8. The number of guanidine groups is 1. The van der Waals surface area contributed by atoms with Crippen LogP contribution in [0.3, 0.4) is 0 Å². The van der Waals surface area contributed by atoms with Gasteiger partial charge in [0.05, 0.1) is 25.1 Å². The molecule has 9 atom stereocenters. The second-order valence-corrected chi connectivity index (χ2v) is 23.7. The normalized spacial score (nSPS) is 17.0. The summed E-state index contributed by atoms with van der Waals surface area (Å²) in [6.07, 6.45) is 4.91. The molecule has 2 aliphatic heterocycles. The van der Waals surface area contributed by atoms with Crippen LogP contribution >= 0.6 is 0 Å². The number of rotatable bonds is 31. The number of para-hydroxylation sites is 1. The van der Waals surface area contributed by atoms with Crippen LogP contribution in [0.5, 0.6) is 5.75 Å². The van der Waals surface area contributed by atoms with Crippen LogP contribution in [0.2, 0.25) is 0 Å². The molecule has 0 bridgehead atoms. The number of H-pyrrole nitrogens is 2. The third-order valence-corrected chi connectivity index (χ3v) is 14.8. The zero-order valence-corrected chi connectivity index (χ0v) is 51.4. The van der Waals surface area contributed by atoms with Gasteiger partial charge in [-0.1, -0.05) is 44.2 Å². The number of carbonyl (C=O) groups excluding carboxylic acids is 11. The molecule has 0 spiro atoms. The number of nitrogens with one attached hydrogen (secondary N) is 12. The zero-order chi connectivity index (χ0) is 66.5. The number of aromatic nitrogens is 3. The summed E-state index contributed by atoms with van der Waals surface area (Å²) in [6, 6.07) is -0.716. The molecule has 0 radical (unpaired) electrons. The standard InChI is InChI=1S/C59H84N18O14/c1-31(2)22-40(49(82)68-39(12-8-20-64-57(60)61)56(89)77-21-9-13-46(77)55(88)75-76-58(62)90)69-54(87)45(29-91-59(3,4)5)74-50(83)41(23-32-14-16-35(79)17-15-32)70-53(86)44(28-78)73-51(84)42(24-33-26-65-37-11-7-6-10-36(33)37)71-52(85)43(25-34-27-63-30-66-34)72-48(81)38-18-19-47(80)67-38/h6-7,10-11,14-17,26-27,30-31,38-46,65,78-79H,8-9,12-13,18-25,28-29H2,1-5H3,(H,63,66)(H,67,80)(H,68,82)(H,69,87)(H,70,86)(H,71,85)(H,72,81)(H,73,84)(H,74,83)(H,75,88)(H4,60,61,64)(H3,62,76,90)/t38-,39+,40+,41-,42+,43+,44+,45+,46-/m0/s1. The lowest BCUT2D eigenvalue weighted by Crippen LogP contribution is -2.62. The lowest BCUT2D eigenvalue weighted by atomic mass is 10.0. The number of hydrogen-bond donors (Lipinski definition) is 17. The van der Waals surface area contributed by atoms with Crippen molar-refractivity contribution in [3.8, 4) is 5.75 Å². The number of hydrazine groups is 1. The van der Waals surface area contributed by atoms with Crippen LogP contribution in [0.25, 0.3) is 10.9 Å². The number of aromatic hydroxyl groups is 1. The van der Waals surface area contributed by atoms with Gasteiger partial charge in [-0.2, -0.15) is 0 Å². The molecule has 12 amide bonds. The van der Waals surface area contributed by atoms with Crippen LogP contribution in [-0.4, -0.2) is 187 Å². The van der Waals surface area contributed by atoms with Crippen LogP contribution in [0.1, 0.15) is 96.4 Å². The number of ether oxygens (including phenoxy) is 1. The number of imidazole rings is 1. The van der Waals surface area contributed by atoms with Gasteiger partial charge in [0, 0.05) is 67.8 Å². The van der Waals surface area contributed by atoms with Crippen LogP contribution < -0.4 is 70.6 Å². The highest BCUT2D eigenvalue weighted by molar-refractivity contribution is 5.99. The molecule has 91 heavy (non-hydrogen) atoms. The predicted molar refractivity (Wildman–Crippen MR) is 329 cm³/mol. The number of hydrogen-bond acceptors (Lipinski definition) is 16. The summed E-state index contributed by atoms with van der Waals surface area (Å²) in [5.74, 6) is -8.58. The van der Waals surface area contributed by atoms with E-state index in [1.165, 1.54) is 41.7 Å². The van der Waals surface area contributed by atoms with Crippen molar-refractivity contribution in [3.05, 3.63) is 84.1 Å². The summed E-state index contributed by atoms with van der Waals surface area (Å²) >= 11 is 0. The largest absolute Gasteiger partial charge is 0.508 e. The molecule has 2 aromatic carbocycles. The lowest BCUT2D eigenvalue weighted by molar-refractivity contribution is -0.142. The van der Waals surface area contributed by atoms with Crippen LogP contribution in [0.15, 0.2) is 72.2 Å². The number of aliphatic imine (C=N–C) groups is 1. The highest BCUT2D eigenvalue weighted by Crippen LogP contribution is 2.22. The monoisotopic (exact) mass is 1270 g/mol. The van der Waals surface area contributed by atoms with E-state index in [2.05, 4.69) is 67.9 Å². The van der Waals surface area contributed by atoms with Crippen molar-refractivity contribution < 1.29 is 67.7 Å². The molecule has 32 heteroatoms. The lowest BCUT2D eigenvalue weighted by Gasteiger charge is -2.31. The molecule has 2 aromatic heterocycles. The van der Waals surface area contributed by atoms with Gasteiger partial charge in [-0.15, -0.1) is 0 Å². The number of likely N-dealkylation sites (tertiary alicyclic amines) is 1. The van der Waals surface area contributed by atoms with Crippen LogP contribution in [-0.2, 0) is 71.9 Å². The number of nitrogens with zero attached hydrogens (tertiary/aromatic N) is 3. The maximum absolute atomic E-state index is 14.8. The number of nitrogens with two attached hydrogens (primary N) is 3. The van der Waals surface area contributed by atoms with E-state index in [1.54, 1.807) is 65.1 Å². The number of phenols is 1. The number of phenolic OH excluding ortho intramolecular Hbond substituents is 1. The molecule has 0 aliphatic carbocycles. The Labute approximate surface area is 524 Å². The van der Waals surface area contributed by atoms with E-state index in [9.17, 15) is 63.0 Å². The van der Waals surface area contributed by atoms with Gasteiger partial charge in [-0.05, 0) is 94.5 Å². The zero-order valence-electron chi connectivity index (χ0n) is 51.4. The first-order chi connectivity index (χ1) is 43.2. The number of carbonyl (C=O) groups is 11. The van der Waals surface area contributed by atoms with Gasteiger partial charge in [-0.25, -0.2) is 15.2 Å². The second-order valence-electron chi connectivity index (χ2n) is 23.7. The molecule has 20 N–H and O–H groups in total. The topological polar surface area (TPSA) is 496 Å². The number of urea groups is 1. The maximum Gasteiger partial charge on any atom is 0.330 e.